The van der Waals surface area contributed by atoms with E-state index in [4.69, 9.17) is 0 Å². The summed E-state index contributed by atoms with van der Waals surface area (Å²) in [5.74, 6) is 0.242. The van der Waals surface area contributed by atoms with E-state index < -0.39 is 0 Å². The number of methoxy groups -OCH3 is 1. The molecule has 1 aromatic carbocycles. The molecule has 0 heterocycles. The molecule has 0 aliphatic carbocycles. The normalized spacial score (nSPS) is 12.3. The van der Waals surface area contributed by atoms with E-state index in [1.807, 2.05) is 6.92 Å². The molecule has 0 bridgehead atoms. The molecular weight excluding hydrogens is 304 g/mol. The Morgan fingerprint density at radius 3 is 2.38 bits per heavy atom. The topological polar surface area (TPSA) is 66.8 Å². The van der Waals surface area contributed by atoms with Gasteiger partial charge in [-0.1, -0.05) is 23.3 Å². The van der Waals surface area contributed by atoms with Crippen LogP contribution in [0.1, 0.15) is 50.7 Å². The highest BCUT2D eigenvalue weighted by molar-refractivity contribution is 5.69. The lowest BCUT2D eigenvalue weighted by Gasteiger charge is -2.06. The monoisotopic (exact) mass is 332 g/mol. The molecule has 0 fully saturated rings. The predicted molar refractivity (Wildman–Crippen MR) is 96.2 cm³/mol. The van der Waals surface area contributed by atoms with Gasteiger partial charge in [-0.2, -0.15) is 0 Å². The fourth-order valence-corrected chi connectivity index (χ4v) is 2.32. The summed E-state index contributed by atoms with van der Waals surface area (Å²) >= 11 is 0. The van der Waals surface area contributed by atoms with Crippen LogP contribution in [0.3, 0.4) is 0 Å². The van der Waals surface area contributed by atoms with Gasteiger partial charge in [0.05, 0.1) is 7.11 Å². The van der Waals surface area contributed by atoms with Crippen LogP contribution in [0.4, 0.5) is 0 Å². The van der Waals surface area contributed by atoms with Gasteiger partial charge < -0.3 is 14.9 Å². The Kier molecular flexibility index (Phi) is 8.10. The summed E-state index contributed by atoms with van der Waals surface area (Å²) in [5.41, 5.74) is 3.81. The van der Waals surface area contributed by atoms with Crippen LogP contribution in [0.15, 0.2) is 35.4 Å². The highest BCUT2D eigenvalue weighted by Crippen LogP contribution is 2.27. The van der Waals surface area contributed by atoms with E-state index >= 15 is 0 Å². The molecule has 4 nitrogen and oxygen atoms in total. The molecule has 0 atom stereocenters. The fourth-order valence-electron chi connectivity index (χ4n) is 2.32. The minimum atomic E-state index is -0.181. The summed E-state index contributed by atoms with van der Waals surface area (Å²) in [6, 6.07) is 3.20. The zero-order valence-corrected chi connectivity index (χ0v) is 15.1. The summed E-state index contributed by atoms with van der Waals surface area (Å²) in [5, 5.41) is 19.6. The van der Waals surface area contributed by atoms with Crippen molar-refractivity contribution in [3.05, 3.63) is 46.6 Å². The third-order valence-corrected chi connectivity index (χ3v) is 4.05. The third kappa shape index (κ3) is 6.90. The molecule has 1 rings (SSSR count). The van der Waals surface area contributed by atoms with Gasteiger partial charge >= 0.3 is 5.97 Å². The molecule has 0 saturated heterocycles. The van der Waals surface area contributed by atoms with Crippen molar-refractivity contribution in [1.82, 2.24) is 0 Å². The van der Waals surface area contributed by atoms with Gasteiger partial charge in [0.15, 0.2) is 0 Å². The van der Waals surface area contributed by atoms with E-state index in [1.54, 1.807) is 19.1 Å². The van der Waals surface area contributed by atoms with Crippen LogP contribution in [-0.2, 0) is 16.0 Å². The molecule has 0 aliphatic heterocycles. The Morgan fingerprint density at radius 1 is 1.04 bits per heavy atom. The number of phenols is 2. The zero-order chi connectivity index (χ0) is 18.1. The van der Waals surface area contributed by atoms with Gasteiger partial charge in [-0.05, 0) is 64.2 Å². The van der Waals surface area contributed by atoms with Crippen molar-refractivity contribution in [2.75, 3.05) is 7.11 Å². The Bertz CT molecular complexity index is 627. The number of carbonyl (C=O) groups excluding carboxylic acids is 1. The van der Waals surface area contributed by atoms with E-state index in [1.165, 1.54) is 18.3 Å². The number of benzene rings is 1. The van der Waals surface area contributed by atoms with Crippen molar-refractivity contribution < 1.29 is 19.7 Å². The molecule has 0 unspecified atom stereocenters. The van der Waals surface area contributed by atoms with Crippen LogP contribution in [-0.4, -0.2) is 23.3 Å². The second-order valence-electron chi connectivity index (χ2n) is 6.19. The smallest absolute Gasteiger partial charge is 0.305 e. The van der Waals surface area contributed by atoms with E-state index in [0.717, 1.165) is 24.8 Å². The Morgan fingerprint density at radius 2 is 1.71 bits per heavy atom. The summed E-state index contributed by atoms with van der Waals surface area (Å²) < 4.78 is 4.63. The minimum Gasteiger partial charge on any atom is -0.508 e. The number of carbonyl (C=O) groups is 1. The lowest BCUT2D eigenvalue weighted by molar-refractivity contribution is -0.140. The maximum Gasteiger partial charge on any atom is 0.305 e. The predicted octanol–water partition coefficient (Wildman–Crippen LogP) is 4.57. The molecule has 0 spiro atoms. The third-order valence-electron chi connectivity index (χ3n) is 4.05. The number of allylic oxidation sites excluding steroid dienone is 4. The van der Waals surface area contributed by atoms with Gasteiger partial charge in [-0.15, -0.1) is 0 Å². The number of phenolic OH excluding ortho intramolecular Hbond substituents is 2. The van der Waals surface area contributed by atoms with E-state index in [0.29, 0.717) is 18.4 Å². The van der Waals surface area contributed by atoms with Gasteiger partial charge in [0, 0.05) is 12.0 Å². The van der Waals surface area contributed by atoms with Crippen molar-refractivity contribution in [2.45, 2.75) is 52.9 Å². The second kappa shape index (κ2) is 9.81. The van der Waals surface area contributed by atoms with Crippen LogP contribution in [0.25, 0.3) is 0 Å². The van der Waals surface area contributed by atoms with Gasteiger partial charge in [-0.3, -0.25) is 4.79 Å². The highest BCUT2D eigenvalue weighted by atomic mass is 16.5. The largest absolute Gasteiger partial charge is 0.508 e. The van der Waals surface area contributed by atoms with Crippen molar-refractivity contribution in [3.63, 3.8) is 0 Å². The maximum atomic E-state index is 11.1. The average Bonchev–Trinajstić information content (AvgIpc) is 2.54. The van der Waals surface area contributed by atoms with Gasteiger partial charge in [0.25, 0.3) is 0 Å². The molecule has 0 radical (unpaired) electrons. The standard InChI is InChI=1S/C20H28O4/c1-14(6-5-7-15(2)9-11-20(23)24-4)8-10-17-13-18(21)16(3)12-19(17)22/h7-8,12-13,21-22H,5-6,9-11H2,1-4H3/b14-8+,15-7+. The van der Waals surface area contributed by atoms with E-state index in [-0.39, 0.29) is 17.5 Å². The molecule has 24 heavy (non-hydrogen) atoms. The number of ether oxygens (including phenoxy) is 1. The number of aromatic hydroxyl groups is 2. The molecule has 0 saturated carbocycles. The summed E-state index contributed by atoms with van der Waals surface area (Å²) in [7, 11) is 1.40. The van der Waals surface area contributed by atoms with Crippen molar-refractivity contribution in [1.29, 1.82) is 0 Å². The first-order valence-corrected chi connectivity index (χ1v) is 8.23. The van der Waals surface area contributed by atoms with E-state index in [2.05, 4.69) is 23.8 Å². The van der Waals surface area contributed by atoms with Gasteiger partial charge in [0.2, 0.25) is 0 Å². The molecule has 0 aliphatic rings. The number of hydrogen-bond acceptors (Lipinski definition) is 4. The number of hydrogen-bond donors (Lipinski definition) is 2. The summed E-state index contributed by atoms with van der Waals surface area (Å²) in [6.07, 6.45) is 7.80. The maximum absolute atomic E-state index is 11.1. The quantitative estimate of drug-likeness (QED) is 0.415. The van der Waals surface area contributed by atoms with E-state index in [9.17, 15) is 15.0 Å². The first-order valence-electron chi connectivity index (χ1n) is 8.23. The lowest BCUT2D eigenvalue weighted by atomic mass is 10.0. The van der Waals surface area contributed by atoms with Crippen LogP contribution in [0.5, 0.6) is 11.5 Å². The number of rotatable bonds is 8. The SMILES string of the molecule is COC(=O)CC/C(C)=C/CC/C(C)=C/Cc1cc(O)c(C)cc1O. The first kappa shape index (κ1) is 19.8. The van der Waals surface area contributed by atoms with Crippen LogP contribution in [0, 0.1) is 6.92 Å². The van der Waals surface area contributed by atoms with Crippen LogP contribution in [0.2, 0.25) is 0 Å². The van der Waals surface area contributed by atoms with Crippen LogP contribution < -0.4 is 0 Å². The minimum absolute atomic E-state index is 0.181. The van der Waals surface area contributed by atoms with Gasteiger partial charge in [0.1, 0.15) is 11.5 Å². The summed E-state index contributed by atoms with van der Waals surface area (Å²) in [4.78, 5) is 11.1. The molecule has 0 amide bonds. The van der Waals surface area contributed by atoms with Crippen molar-refractivity contribution in [3.8, 4) is 11.5 Å². The zero-order valence-electron chi connectivity index (χ0n) is 15.1. The Balaban J connectivity index is 2.48. The molecule has 4 heteroatoms. The fraction of sp³-hybridized carbons (Fsp3) is 0.450. The molecule has 1 aromatic rings. The lowest BCUT2D eigenvalue weighted by Crippen LogP contribution is -1.99. The van der Waals surface area contributed by atoms with Crippen LogP contribution >= 0.6 is 0 Å². The second-order valence-corrected chi connectivity index (χ2v) is 6.19. The molecule has 0 aromatic heterocycles. The molecule has 2 N–H and O–H groups in total. The molecular formula is C20H28O4. The highest BCUT2D eigenvalue weighted by Gasteiger charge is 2.05. The Hall–Kier alpha value is -2.23. The average molecular weight is 332 g/mol. The van der Waals surface area contributed by atoms with Crippen molar-refractivity contribution in [2.24, 2.45) is 0 Å². The number of aryl methyl sites for hydroxylation is 1. The number of esters is 1. The Labute approximate surface area is 144 Å². The van der Waals surface area contributed by atoms with Crippen molar-refractivity contribution >= 4 is 5.97 Å². The molecule has 132 valence electrons. The van der Waals surface area contributed by atoms with Gasteiger partial charge in [-0.25, -0.2) is 0 Å². The summed E-state index contributed by atoms with van der Waals surface area (Å²) in [6.45, 7) is 5.84. The first-order chi connectivity index (χ1) is 11.3.